The Labute approximate surface area is 113 Å². The molecule has 1 amide bonds. The zero-order chi connectivity index (χ0) is 14.5. The Morgan fingerprint density at radius 1 is 1.58 bits per heavy atom. The molecule has 0 fully saturated rings. The standard InChI is InChI=1S/C14H19N3O2/c1-4-14(2,9-16)13(18)17-11-6-5-10(8-15)7-12(11)19-3/h5-7H,4,9,16H2,1-3H3,(H,17,18). The number of nitriles is 1. The van der Waals surface area contributed by atoms with Crippen molar-refractivity contribution in [3.05, 3.63) is 23.8 Å². The highest BCUT2D eigenvalue weighted by atomic mass is 16.5. The Hall–Kier alpha value is -2.06. The summed E-state index contributed by atoms with van der Waals surface area (Å²) >= 11 is 0. The highest BCUT2D eigenvalue weighted by Crippen LogP contribution is 2.28. The lowest BCUT2D eigenvalue weighted by Gasteiger charge is -2.25. The molecule has 0 saturated heterocycles. The Kier molecular flexibility index (Phi) is 4.90. The van der Waals surface area contributed by atoms with Crippen LogP contribution in [0.15, 0.2) is 18.2 Å². The van der Waals surface area contributed by atoms with Gasteiger partial charge in [0.2, 0.25) is 5.91 Å². The zero-order valence-corrected chi connectivity index (χ0v) is 11.5. The van der Waals surface area contributed by atoms with Gasteiger partial charge in [0.05, 0.1) is 29.8 Å². The fourth-order valence-corrected chi connectivity index (χ4v) is 1.53. The zero-order valence-electron chi connectivity index (χ0n) is 11.5. The van der Waals surface area contributed by atoms with E-state index in [1.54, 1.807) is 18.2 Å². The minimum absolute atomic E-state index is 0.152. The molecule has 0 aliphatic heterocycles. The first-order valence-electron chi connectivity index (χ1n) is 6.10. The van der Waals surface area contributed by atoms with Crippen molar-refractivity contribution in [1.82, 2.24) is 0 Å². The van der Waals surface area contributed by atoms with E-state index in [9.17, 15) is 4.79 Å². The van der Waals surface area contributed by atoms with Crippen LogP contribution < -0.4 is 15.8 Å². The molecule has 1 unspecified atom stereocenters. The average molecular weight is 261 g/mol. The van der Waals surface area contributed by atoms with Crippen molar-refractivity contribution in [2.24, 2.45) is 11.1 Å². The van der Waals surface area contributed by atoms with Gasteiger partial charge in [-0.3, -0.25) is 4.79 Å². The molecule has 0 aliphatic carbocycles. The molecule has 1 rings (SSSR count). The van der Waals surface area contributed by atoms with E-state index in [0.29, 0.717) is 23.4 Å². The number of hydrogen-bond donors (Lipinski definition) is 2. The quantitative estimate of drug-likeness (QED) is 0.847. The molecule has 5 heteroatoms. The minimum Gasteiger partial charge on any atom is -0.495 e. The Morgan fingerprint density at radius 3 is 2.74 bits per heavy atom. The Morgan fingerprint density at radius 2 is 2.26 bits per heavy atom. The number of carbonyl (C=O) groups is 1. The van der Waals surface area contributed by atoms with Gasteiger partial charge in [0, 0.05) is 12.6 Å². The van der Waals surface area contributed by atoms with Crippen molar-refractivity contribution < 1.29 is 9.53 Å². The summed E-state index contributed by atoms with van der Waals surface area (Å²) in [6, 6.07) is 6.89. The number of hydrogen-bond acceptors (Lipinski definition) is 4. The summed E-state index contributed by atoms with van der Waals surface area (Å²) in [5, 5.41) is 11.6. The van der Waals surface area contributed by atoms with E-state index in [0.717, 1.165) is 0 Å². The lowest BCUT2D eigenvalue weighted by molar-refractivity contribution is -0.124. The highest BCUT2D eigenvalue weighted by molar-refractivity contribution is 5.96. The van der Waals surface area contributed by atoms with Crippen LogP contribution in [0.5, 0.6) is 5.75 Å². The second-order valence-electron chi connectivity index (χ2n) is 4.60. The maximum atomic E-state index is 12.2. The SMILES string of the molecule is CCC(C)(CN)C(=O)Nc1ccc(C#N)cc1OC. The van der Waals surface area contributed by atoms with Gasteiger partial charge in [-0.15, -0.1) is 0 Å². The van der Waals surface area contributed by atoms with Gasteiger partial charge in [-0.1, -0.05) is 6.92 Å². The summed E-state index contributed by atoms with van der Waals surface area (Å²) in [6.45, 7) is 4.01. The second kappa shape index (κ2) is 6.21. The van der Waals surface area contributed by atoms with E-state index in [1.165, 1.54) is 7.11 Å². The molecule has 0 aromatic heterocycles. The summed E-state index contributed by atoms with van der Waals surface area (Å²) in [6.07, 6.45) is 0.647. The van der Waals surface area contributed by atoms with Gasteiger partial charge in [-0.2, -0.15) is 5.26 Å². The van der Waals surface area contributed by atoms with Crippen molar-refractivity contribution in [2.45, 2.75) is 20.3 Å². The molecule has 0 saturated carbocycles. The minimum atomic E-state index is -0.612. The van der Waals surface area contributed by atoms with Crippen molar-refractivity contribution in [3.8, 4) is 11.8 Å². The van der Waals surface area contributed by atoms with E-state index < -0.39 is 5.41 Å². The van der Waals surface area contributed by atoms with Crippen molar-refractivity contribution >= 4 is 11.6 Å². The molecule has 0 aliphatic rings. The van der Waals surface area contributed by atoms with Crippen LogP contribution in [0.1, 0.15) is 25.8 Å². The van der Waals surface area contributed by atoms with E-state index in [2.05, 4.69) is 5.32 Å². The molecule has 1 aromatic carbocycles. The molecule has 1 aromatic rings. The molecule has 3 N–H and O–H groups in total. The summed E-state index contributed by atoms with van der Waals surface area (Å²) in [7, 11) is 1.49. The first-order chi connectivity index (χ1) is 9.00. The Balaban J connectivity index is 3.00. The third kappa shape index (κ3) is 3.24. The third-order valence-corrected chi connectivity index (χ3v) is 3.36. The number of benzene rings is 1. The predicted octanol–water partition coefficient (Wildman–Crippen LogP) is 1.88. The molecule has 0 spiro atoms. The van der Waals surface area contributed by atoms with E-state index in [4.69, 9.17) is 15.7 Å². The van der Waals surface area contributed by atoms with Crippen LogP contribution in [0.25, 0.3) is 0 Å². The number of nitrogens with one attached hydrogen (secondary N) is 1. The summed E-state index contributed by atoms with van der Waals surface area (Å²) in [4.78, 5) is 12.2. The fraction of sp³-hybridized carbons (Fsp3) is 0.429. The van der Waals surface area contributed by atoms with Crippen molar-refractivity contribution in [1.29, 1.82) is 5.26 Å². The molecule has 5 nitrogen and oxygen atoms in total. The van der Waals surface area contributed by atoms with Gasteiger partial charge in [-0.05, 0) is 25.5 Å². The smallest absolute Gasteiger partial charge is 0.231 e. The van der Waals surface area contributed by atoms with E-state index in [-0.39, 0.29) is 12.5 Å². The molecule has 0 bridgehead atoms. The first kappa shape index (κ1) is 15.0. The highest BCUT2D eigenvalue weighted by Gasteiger charge is 2.30. The van der Waals surface area contributed by atoms with Crippen LogP contribution in [-0.2, 0) is 4.79 Å². The summed E-state index contributed by atoms with van der Waals surface area (Å²) < 4.78 is 5.17. The lowest BCUT2D eigenvalue weighted by atomic mass is 9.86. The molecule has 19 heavy (non-hydrogen) atoms. The van der Waals surface area contributed by atoms with Crippen molar-refractivity contribution in [3.63, 3.8) is 0 Å². The number of amides is 1. The van der Waals surface area contributed by atoms with Gasteiger partial charge in [0.25, 0.3) is 0 Å². The number of nitrogens with zero attached hydrogens (tertiary/aromatic N) is 1. The van der Waals surface area contributed by atoms with Gasteiger partial charge in [-0.25, -0.2) is 0 Å². The lowest BCUT2D eigenvalue weighted by Crippen LogP contribution is -2.39. The van der Waals surface area contributed by atoms with Crippen LogP contribution in [0.2, 0.25) is 0 Å². The number of ether oxygens (including phenoxy) is 1. The van der Waals surface area contributed by atoms with Crippen LogP contribution in [-0.4, -0.2) is 19.6 Å². The normalized spacial score (nSPS) is 13.2. The average Bonchev–Trinajstić information content (AvgIpc) is 2.46. The fourth-order valence-electron chi connectivity index (χ4n) is 1.53. The number of methoxy groups -OCH3 is 1. The third-order valence-electron chi connectivity index (χ3n) is 3.36. The number of nitrogens with two attached hydrogens (primary N) is 1. The predicted molar refractivity (Wildman–Crippen MR) is 73.8 cm³/mol. The second-order valence-corrected chi connectivity index (χ2v) is 4.60. The number of rotatable bonds is 5. The molecule has 0 heterocycles. The van der Waals surface area contributed by atoms with Gasteiger partial charge in [0.15, 0.2) is 0 Å². The molecule has 0 radical (unpaired) electrons. The number of anilines is 1. The molecule has 1 atom stereocenters. The van der Waals surface area contributed by atoms with Crippen LogP contribution >= 0.6 is 0 Å². The first-order valence-corrected chi connectivity index (χ1v) is 6.10. The maximum Gasteiger partial charge on any atom is 0.231 e. The monoisotopic (exact) mass is 261 g/mol. The maximum absolute atomic E-state index is 12.2. The van der Waals surface area contributed by atoms with Crippen LogP contribution in [0, 0.1) is 16.7 Å². The topological polar surface area (TPSA) is 88.1 Å². The van der Waals surface area contributed by atoms with Crippen LogP contribution in [0.4, 0.5) is 5.69 Å². The summed E-state index contributed by atoms with van der Waals surface area (Å²) in [5.41, 5.74) is 6.06. The molecular weight excluding hydrogens is 242 g/mol. The largest absolute Gasteiger partial charge is 0.495 e. The van der Waals surface area contributed by atoms with Gasteiger partial charge in [0.1, 0.15) is 5.75 Å². The van der Waals surface area contributed by atoms with Gasteiger partial charge < -0.3 is 15.8 Å². The van der Waals surface area contributed by atoms with E-state index >= 15 is 0 Å². The van der Waals surface area contributed by atoms with Gasteiger partial charge >= 0.3 is 0 Å². The number of carbonyl (C=O) groups excluding carboxylic acids is 1. The van der Waals surface area contributed by atoms with E-state index in [1.807, 2.05) is 19.9 Å². The molecular formula is C14H19N3O2. The van der Waals surface area contributed by atoms with Crippen LogP contribution in [0.3, 0.4) is 0 Å². The summed E-state index contributed by atoms with van der Waals surface area (Å²) in [5.74, 6) is 0.309. The van der Waals surface area contributed by atoms with Crippen molar-refractivity contribution in [2.75, 3.05) is 19.0 Å². The Bertz CT molecular complexity index is 502. The molecule has 102 valence electrons.